The maximum atomic E-state index is 12.2. The SMILES string of the molecule is C[C@H]1CN(CCCN2C(=O)NC(C)(C)C2=O)C[C@H](c2ccccc2)O1. The summed E-state index contributed by atoms with van der Waals surface area (Å²) in [6.45, 7) is 8.56. The third kappa shape index (κ3) is 4.02. The fourth-order valence-corrected chi connectivity index (χ4v) is 3.55. The van der Waals surface area contributed by atoms with Crippen LogP contribution in [-0.4, -0.2) is 59.6 Å². The van der Waals surface area contributed by atoms with E-state index in [1.807, 2.05) is 18.2 Å². The molecule has 0 aromatic heterocycles. The Morgan fingerprint density at radius 3 is 2.52 bits per heavy atom. The van der Waals surface area contributed by atoms with Gasteiger partial charge in [-0.2, -0.15) is 0 Å². The molecule has 136 valence electrons. The average molecular weight is 345 g/mol. The van der Waals surface area contributed by atoms with Crippen molar-refractivity contribution in [2.45, 2.75) is 44.9 Å². The van der Waals surface area contributed by atoms with Crippen LogP contribution in [0.3, 0.4) is 0 Å². The van der Waals surface area contributed by atoms with Crippen LogP contribution < -0.4 is 5.32 Å². The Morgan fingerprint density at radius 2 is 1.88 bits per heavy atom. The summed E-state index contributed by atoms with van der Waals surface area (Å²) in [6, 6.07) is 9.97. The molecule has 1 aromatic rings. The summed E-state index contributed by atoms with van der Waals surface area (Å²) >= 11 is 0. The van der Waals surface area contributed by atoms with Crippen molar-refractivity contribution in [2.75, 3.05) is 26.2 Å². The van der Waals surface area contributed by atoms with Crippen LogP contribution in [0, 0.1) is 0 Å². The van der Waals surface area contributed by atoms with Gasteiger partial charge in [-0.05, 0) is 32.8 Å². The van der Waals surface area contributed by atoms with Crippen molar-refractivity contribution >= 4 is 11.9 Å². The Hall–Kier alpha value is -1.92. The maximum absolute atomic E-state index is 12.2. The number of ether oxygens (including phenoxy) is 1. The van der Waals surface area contributed by atoms with Gasteiger partial charge < -0.3 is 10.1 Å². The number of urea groups is 1. The van der Waals surface area contributed by atoms with Crippen LogP contribution in [0.1, 0.15) is 38.9 Å². The molecule has 0 spiro atoms. The van der Waals surface area contributed by atoms with Gasteiger partial charge in [-0.25, -0.2) is 4.79 Å². The monoisotopic (exact) mass is 345 g/mol. The molecular formula is C19H27N3O3. The topological polar surface area (TPSA) is 61.9 Å². The minimum Gasteiger partial charge on any atom is -0.368 e. The smallest absolute Gasteiger partial charge is 0.325 e. The number of rotatable bonds is 5. The van der Waals surface area contributed by atoms with Gasteiger partial charge in [0.15, 0.2) is 0 Å². The van der Waals surface area contributed by atoms with Crippen LogP contribution in [0.15, 0.2) is 30.3 Å². The van der Waals surface area contributed by atoms with Gasteiger partial charge in [-0.1, -0.05) is 30.3 Å². The van der Waals surface area contributed by atoms with E-state index in [-0.39, 0.29) is 24.1 Å². The van der Waals surface area contributed by atoms with Crippen LogP contribution in [0.2, 0.25) is 0 Å². The fourth-order valence-electron chi connectivity index (χ4n) is 3.55. The van der Waals surface area contributed by atoms with Crippen LogP contribution in [-0.2, 0) is 9.53 Å². The van der Waals surface area contributed by atoms with E-state index in [4.69, 9.17) is 4.74 Å². The van der Waals surface area contributed by atoms with Crippen LogP contribution in [0.4, 0.5) is 4.79 Å². The predicted octanol–water partition coefficient (Wildman–Crippen LogP) is 2.17. The lowest BCUT2D eigenvalue weighted by Gasteiger charge is -2.37. The molecule has 2 saturated heterocycles. The molecule has 6 nitrogen and oxygen atoms in total. The molecule has 1 N–H and O–H groups in total. The number of carbonyl (C=O) groups excluding carboxylic acids is 2. The van der Waals surface area contributed by atoms with Gasteiger partial charge in [0.2, 0.25) is 0 Å². The van der Waals surface area contributed by atoms with Gasteiger partial charge in [0, 0.05) is 26.2 Å². The summed E-state index contributed by atoms with van der Waals surface area (Å²) in [7, 11) is 0. The minimum atomic E-state index is -0.789. The normalized spacial score (nSPS) is 26.8. The maximum Gasteiger partial charge on any atom is 0.325 e. The van der Waals surface area contributed by atoms with Crippen molar-refractivity contribution < 1.29 is 14.3 Å². The zero-order valence-electron chi connectivity index (χ0n) is 15.2. The highest BCUT2D eigenvalue weighted by Crippen LogP contribution is 2.25. The lowest BCUT2D eigenvalue weighted by atomic mass is 10.1. The summed E-state index contributed by atoms with van der Waals surface area (Å²) in [5.41, 5.74) is 0.401. The van der Waals surface area contributed by atoms with E-state index in [0.29, 0.717) is 6.54 Å². The van der Waals surface area contributed by atoms with Gasteiger partial charge in [-0.15, -0.1) is 0 Å². The van der Waals surface area contributed by atoms with E-state index < -0.39 is 5.54 Å². The molecule has 2 atom stereocenters. The number of morpholine rings is 1. The molecule has 0 saturated carbocycles. The fraction of sp³-hybridized carbons (Fsp3) is 0.579. The molecule has 6 heteroatoms. The molecule has 2 heterocycles. The Balaban J connectivity index is 1.53. The molecule has 0 bridgehead atoms. The number of carbonyl (C=O) groups is 2. The molecule has 25 heavy (non-hydrogen) atoms. The van der Waals surface area contributed by atoms with Crippen LogP contribution in [0.5, 0.6) is 0 Å². The predicted molar refractivity (Wildman–Crippen MR) is 95.1 cm³/mol. The molecule has 2 aliphatic heterocycles. The Bertz CT molecular complexity index is 632. The molecule has 3 rings (SSSR count). The zero-order valence-corrected chi connectivity index (χ0v) is 15.2. The Kier molecular flexibility index (Phi) is 5.11. The van der Waals surface area contributed by atoms with Crippen molar-refractivity contribution in [3.05, 3.63) is 35.9 Å². The second kappa shape index (κ2) is 7.14. The number of nitrogens with zero attached hydrogens (tertiary/aromatic N) is 2. The largest absolute Gasteiger partial charge is 0.368 e. The highest BCUT2D eigenvalue weighted by atomic mass is 16.5. The standard InChI is InChI=1S/C19H27N3O3/c1-14-12-21(13-16(25-14)15-8-5-4-6-9-15)10-7-11-22-17(23)19(2,3)20-18(22)24/h4-6,8-9,14,16H,7,10-13H2,1-3H3,(H,20,24)/t14-,16+/m0/s1. The third-order valence-electron chi connectivity index (χ3n) is 4.81. The third-order valence-corrected chi connectivity index (χ3v) is 4.81. The van der Waals surface area contributed by atoms with Gasteiger partial charge in [0.25, 0.3) is 5.91 Å². The average Bonchev–Trinajstić information content (AvgIpc) is 2.77. The van der Waals surface area contributed by atoms with E-state index >= 15 is 0 Å². The highest BCUT2D eigenvalue weighted by Gasteiger charge is 2.43. The van der Waals surface area contributed by atoms with Gasteiger partial charge in [0.05, 0.1) is 12.2 Å². The number of benzene rings is 1. The van der Waals surface area contributed by atoms with E-state index in [9.17, 15) is 9.59 Å². The van der Waals surface area contributed by atoms with Crippen LogP contribution >= 0.6 is 0 Å². The van der Waals surface area contributed by atoms with E-state index in [1.165, 1.54) is 10.5 Å². The summed E-state index contributed by atoms with van der Waals surface area (Å²) in [4.78, 5) is 27.8. The molecular weight excluding hydrogens is 318 g/mol. The molecule has 0 unspecified atom stereocenters. The molecule has 1 aromatic carbocycles. The van der Waals surface area contributed by atoms with Crippen molar-refractivity contribution in [1.82, 2.24) is 15.1 Å². The van der Waals surface area contributed by atoms with Crippen molar-refractivity contribution in [3.8, 4) is 0 Å². The summed E-state index contributed by atoms with van der Waals surface area (Å²) < 4.78 is 6.07. The number of amides is 3. The molecule has 2 fully saturated rings. The first-order valence-electron chi connectivity index (χ1n) is 8.93. The molecule has 0 aliphatic carbocycles. The molecule has 3 amide bonds. The van der Waals surface area contributed by atoms with Gasteiger partial charge in [0.1, 0.15) is 5.54 Å². The summed E-state index contributed by atoms with van der Waals surface area (Å²) in [5, 5.41) is 2.72. The quantitative estimate of drug-likeness (QED) is 0.831. The minimum absolute atomic E-state index is 0.0700. The van der Waals surface area contributed by atoms with Gasteiger partial charge >= 0.3 is 6.03 Å². The first-order valence-corrected chi connectivity index (χ1v) is 8.93. The van der Waals surface area contributed by atoms with Crippen LogP contribution in [0.25, 0.3) is 0 Å². The number of hydrogen-bond donors (Lipinski definition) is 1. The number of imide groups is 1. The first kappa shape index (κ1) is 17.9. The van der Waals surface area contributed by atoms with Gasteiger partial charge in [-0.3, -0.25) is 14.6 Å². The second-order valence-electron chi connectivity index (χ2n) is 7.47. The summed E-state index contributed by atoms with van der Waals surface area (Å²) in [6.07, 6.45) is 0.999. The Labute approximate surface area is 149 Å². The molecule has 0 radical (unpaired) electrons. The zero-order chi connectivity index (χ0) is 18.0. The number of hydrogen-bond acceptors (Lipinski definition) is 4. The van der Waals surface area contributed by atoms with E-state index in [0.717, 1.165) is 26.1 Å². The second-order valence-corrected chi connectivity index (χ2v) is 7.47. The van der Waals surface area contributed by atoms with E-state index in [1.54, 1.807) is 13.8 Å². The number of nitrogens with one attached hydrogen (secondary N) is 1. The lowest BCUT2D eigenvalue weighted by Crippen LogP contribution is -2.44. The lowest BCUT2D eigenvalue weighted by molar-refractivity contribution is -0.130. The highest BCUT2D eigenvalue weighted by molar-refractivity contribution is 6.06. The van der Waals surface area contributed by atoms with Crippen molar-refractivity contribution in [2.24, 2.45) is 0 Å². The van der Waals surface area contributed by atoms with E-state index in [2.05, 4.69) is 29.3 Å². The molecule has 2 aliphatic rings. The summed E-state index contributed by atoms with van der Waals surface area (Å²) in [5.74, 6) is -0.144. The van der Waals surface area contributed by atoms with Crippen molar-refractivity contribution in [3.63, 3.8) is 0 Å². The van der Waals surface area contributed by atoms with Crippen molar-refractivity contribution in [1.29, 1.82) is 0 Å². The Morgan fingerprint density at radius 1 is 1.16 bits per heavy atom. The first-order chi connectivity index (χ1) is 11.9.